The zero-order chi connectivity index (χ0) is 19.0. The molecule has 0 unspecified atom stereocenters. The van der Waals surface area contributed by atoms with E-state index in [4.69, 9.17) is 0 Å². The van der Waals surface area contributed by atoms with Gasteiger partial charge >= 0.3 is 0 Å². The highest BCUT2D eigenvalue weighted by Gasteiger charge is 2.31. The van der Waals surface area contributed by atoms with Crippen LogP contribution in [-0.2, 0) is 0 Å². The van der Waals surface area contributed by atoms with Gasteiger partial charge < -0.3 is 9.80 Å². The molecule has 0 bridgehead atoms. The third-order valence-corrected chi connectivity index (χ3v) is 5.12. The van der Waals surface area contributed by atoms with Crippen molar-refractivity contribution in [2.75, 3.05) is 19.6 Å². The van der Waals surface area contributed by atoms with Crippen molar-refractivity contribution in [3.8, 4) is 0 Å². The monoisotopic (exact) mass is 362 g/mol. The highest BCUT2D eigenvalue weighted by molar-refractivity contribution is 6.07. The fourth-order valence-corrected chi connectivity index (χ4v) is 3.70. The summed E-state index contributed by atoms with van der Waals surface area (Å²) < 4.78 is 0. The van der Waals surface area contributed by atoms with Gasteiger partial charge in [-0.05, 0) is 36.8 Å². The molecule has 1 saturated heterocycles. The van der Waals surface area contributed by atoms with Crippen LogP contribution in [0, 0.1) is 6.92 Å². The van der Waals surface area contributed by atoms with Gasteiger partial charge in [-0.3, -0.25) is 14.7 Å². The number of piperazine rings is 1. The Hall–Kier alpha value is -3.15. The van der Waals surface area contributed by atoms with Gasteiger partial charge in [0.2, 0.25) is 0 Å². The zero-order valence-corrected chi connectivity index (χ0v) is 15.5. The molecule has 0 aliphatic carbocycles. The van der Waals surface area contributed by atoms with E-state index in [0.29, 0.717) is 30.9 Å². The third kappa shape index (κ3) is 3.18. The molecule has 1 aromatic heterocycles. The fourth-order valence-electron chi connectivity index (χ4n) is 3.70. The highest BCUT2D eigenvalue weighted by Crippen LogP contribution is 2.22. The summed E-state index contributed by atoms with van der Waals surface area (Å²) in [6, 6.07) is 15.4. The van der Waals surface area contributed by atoms with Crippen LogP contribution in [-0.4, -0.2) is 57.5 Å². The first-order valence-corrected chi connectivity index (χ1v) is 9.14. The predicted octanol–water partition coefficient (Wildman–Crippen LogP) is 2.86. The van der Waals surface area contributed by atoms with Gasteiger partial charge in [0, 0.05) is 36.9 Å². The Morgan fingerprint density at radius 2 is 1.85 bits per heavy atom. The molecule has 1 N–H and O–H groups in total. The molecular weight excluding hydrogens is 340 g/mol. The van der Waals surface area contributed by atoms with Gasteiger partial charge in [0.25, 0.3) is 11.8 Å². The number of benzene rings is 2. The molecule has 6 heteroatoms. The number of aromatic nitrogens is 2. The van der Waals surface area contributed by atoms with Crippen molar-refractivity contribution in [2.24, 2.45) is 0 Å². The maximum atomic E-state index is 13.2. The summed E-state index contributed by atoms with van der Waals surface area (Å²) in [5.74, 6) is -0.0783. The van der Waals surface area contributed by atoms with Crippen molar-refractivity contribution in [1.82, 2.24) is 20.0 Å². The Morgan fingerprint density at radius 1 is 1.07 bits per heavy atom. The van der Waals surface area contributed by atoms with Crippen LogP contribution in [0.15, 0.2) is 48.5 Å². The molecule has 0 saturated carbocycles. The first-order chi connectivity index (χ1) is 13.0. The van der Waals surface area contributed by atoms with Crippen molar-refractivity contribution in [3.63, 3.8) is 0 Å². The normalized spacial score (nSPS) is 17.3. The van der Waals surface area contributed by atoms with Crippen LogP contribution in [0.1, 0.15) is 33.5 Å². The number of hydrogen-bond acceptors (Lipinski definition) is 3. The Kier molecular flexibility index (Phi) is 4.39. The van der Waals surface area contributed by atoms with Crippen LogP contribution in [0.5, 0.6) is 0 Å². The van der Waals surface area contributed by atoms with E-state index >= 15 is 0 Å². The number of amides is 2. The smallest absolute Gasteiger partial charge is 0.274 e. The van der Waals surface area contributed by atoms with E-state index in [-0.39, 0.29) is 17.9 Å². The van der Waals surface area contributed by atoms with Crippen LogP contribution < -0.4 is 0 Å². The molecule has 1 aliphatic heterocycles. The number of hydrogen-bond donors (Lipinski definition) is 1. The van der Waals surface area contributed by atoms with Gasteiger partial charge in [0.05, 0.1) is 0 Å². The maximum Gasteiger partial charge on any atom is 0.274 e. The van der Waals surface area contributed by atoms with Gasteiger partial charge in [-0.25, -0.2) is 0 Å². The molecule has 6 nitrogen and oxygen atoms in total. The number of nitrogens with one attached hydrogen (secondary N) is 1. The molecule has 1 aliphatic rings. The lowest BCUT2D eigenvalue weighted by Crippen LogP contribution is -2.55. The Labute approximate surface area is 157 Å². The lowest BCUT2D eigenvalue weighted by molar-refractivity contribution is 0.0412. The Morgan fingerprint density at radius 3 is 2.59 bits per heavy atom. The topological polar surface area (TPSA) is 69.3 Å². The molecule has 0 radical (unpaired) electrons. The Balaban J connectivity index is 1.53. The molecule has 27 heavy (non-hydrogen) atoms. The second kappa shape index (κ2) is 6.87. The average Bonchev–Trinajstić information content (AvgIpc) is 3.12. The molecule has 2 amide bonds. The number of nitrogens with zero attached hydrogens (tertiary/aromatic N) is 3. The minimum absolute atomic E-state index is 0.0158. The SMILES string of the molecule is Cc1cc(C(=O)N2CCN(C(=O)c3cccc4ccccc34)[C@H](C)C2)n[nH]1. The van der Waals surface area contributed by atoms with Gasteiger partial charge in [0.1, 0.15) is 5.69 Å². The average molecular weight is 362 g/mol. The zero-order valence-electron chi connectivity index (χ0n) is 15.5. The van der Waals surface area contributed by atoms with E-state index in [9.17, 15) is 9.59 Å². The van der Waals surface area contributed by atoms with E-state index in [1.165, 1.54) is 0 Å². The van der Waals surface area contributed by atoms with Crippen LogP contribution in [0.3, 0.4) is 0 Å². The van der Waals surface area contributed by atoms with Crippen molar-refractivity contribution < 1.29 is 9.59 Å². The molecule has 4 rings (SSSR count). The van der Waals surface area contributed by atoms with E-state index in [0.717, 1.165) is 16.5 Å². The minimum atomic E-state index is -0.0940. The van der Waals surface area contributed by atoms with Crippen LogP contribution in [0.25, 0.3) is 10.8 Å². The van der Waals surface area contributed by atoms with Gasteiger partial charge in [-0.15, -0.1) is 0 Å². The number of aryl methyl sites for hydroxylation is 1. The molecule has 1 atom stereocenters. The first-order valence-electron chi connectivity index (χ1n) is 9.14. The van der Waals surface area contributed by atoms with Gasteiger partial charge in [-0.2, -0.15) is 5.10 Å². The Bertz CT molecular complexity index is 1000. The summed E-state index contributed by atoms with van der Waals surface area (Å²) in [6.45, 7) is 5.37. The number of carbonyl (C=O) groups is 2. The standard InChI is InChI=1S/C21H22N4O2/c1-14-12-19(23-22-14)21(27)24-10-11-25(15(2)13-24)20(26)18-9-5-7-16-6-3-4-8-17(16)18/h3-9,12,15H,10-11,13H2,1-2H3,(H,22,23)/t15-/m1/s1. The summed E-state index contributed by atoms with van der Waals surface area (Å²) in [6.07, 6.45) is 0. The fraction of sp³-hybridized carbons (Fsp3) is 0.286. The minimum Gasteiger partial charge on any atom is -0.333 e. The molecule has 3 aromatic rings. The molecule has 2 heterocycles. The summed E-state index contributed by atoms with van der Waals surface area (Å²) in [7, 11) is 0. The maximum absolute atomic E-state index is 13.2. The van der Waals surface area contributed by atoms with Crippen molar-refractivity contribution in [3.05, 3.63) is 65.5 Å². The summed E-state index contributed by atoms with van der Waals surface area (Å²) in [4.78, 5) is 29.4. The van der Waals surface area contributed by atoms with Crippen LogP contribution >= 0.6 is 0 Å². The number of rotatable bonds is 2. The van der Waals surface area contributed by atoms with Crippen LogP contribution in [0.2, 0.25) is 0 Å². The number of carbonyl (C=O) groups excluding carboxylic acids is 2. The third-order valence-electron chi connectivity index (χ3n) is 5.12. The number of fused-ring (bicyclic) bond motifs is 1. The first kappa shape index (κ1) is 17.3. The van der Waals surface area contributed by atoms with Crippen molar-refractivity contribution in [2.45, 2.75) is 19.9 Å². The second-order valence-electron chi connectivity index (χ2n) is 7.06. The summed E-state index contributed by atoms with van der Waals surface area (Å²) >= 11 is 0. The van der Waals surface area contributed by atoms with E-state index in [1.54, 1.807) is 11.0 Å². The van der Waals surface area contributed by atoms with Gasteiger partial charge in [0.15, 0.2) is 0 Å². The van der Waals surface area contributed by atoms with Crippen molar-refractivity contribution in [1.29, 1.82) is 0 Å². The molecular formula is C21H22N4O2. The lowest BCUT2D eigenvalue weighted by atomic mass is 10.0. The van der Waals surface area contributed by atoms with E-state index in [1.807, 2.05) is 61.2 Å². The molecule has 1 fully saturated rings. The lowest BCUT2D eigenvalue weighted by Gasteiger charge is -2.39. The highest BCUT2D eigenvalue weighted by atomic mass is 16.2. The second-order valence-corrected chi connectivity index (χ2v) is 7.06. The molecule has 2 aromatic carbocycles. The molecule has 138 valence electrons. The van der Waals surface area contributed by atoms with E-state index < -0.39 is 0 Å². The largest absolute Gasteiger partial charge is 0.333 e. The quantitative estimate of drug-likeness (QED) is 0.762. The summed E-state index contributed by atoms with van der Waals surface area (Å²) in [5, 5.41) is 8.87. The predicted molar refractivity (Wildman–Crippen MR) is 104 cm³/mol. The van der Waals surface area contributed by atoms with Gasteiger partial charge in [-0.1, -0.05) is 36.4 Å². The number of H-pyrrole nitrogens is 1. The van der Waals surface area contributed by atoms with Crippen LogP contribution in [0.4, 0.5) is 0 Å². The summed E-state index contributed by atoms with van der Waals surface area (Å²) in [5.41, 5.74) is 1.99. The van der Waals surface area contributed by atoms with E-state index in [2.05, 4.69) is 10.2 Å². The molecule has 0 spiro atoms. The van der Waals surface area contributed by atoms with Crippen molar-refractivity contribution >= 4 is 22.6 Å². The number of aromatic amines is 1.